The highest BCUT2D eigenvalue weighted by Crippen LogP contribution is 2.22. The first-order valence-electron chi connectivity index (χ1n) is 9.39. The number of hydrogen-bond donors (Lipinski definition) is 0. The minimum absolute atomic E-state index is 0.111. The first-order valence-corrected chi connectivity index (χ1v) is 9.83. The Morgan fingerprint density at radius 2 is 1.96 bits per heavy atom. The summed E-state index contributed by atoms with van der Waals surface area (Å²) in [4.78, 5) is 14.2. The van der Waals surface area contributed by atoms with Gasteiger partial charge in [-0.05, 0) is 31.9 Å². The highest BCUT2D eigenvalue weighted by Gasteiger charge is 2.30. The summed E-state index contributed by atoms with van der Waals surface area (Å²) < 4.78 is 11.7. The molecular weight excluding hydrogens is 338 g/mol. The predicted octanol–water partition coefficient (Wildman–Crippen LogP) is 4.75. The minimum atomic E-state index is -0.572. The number of nitrogens with zero attached hydrogens (tertiary/aromatic N) is 1. The second kappa shape index (κ2) is 10.8. The number of alkyl halides is 1. The summed E-state index contributed by atoms with van der Waals surface area (Å²) in [6.07, 6.45) is 6.83. The Kier molecular flexibility index (Phi) is 8.73. The van der Waals surface area contributed by atoms with Gasteiger partial charge >= 0.3 is 0 Å². The van der Waals surface area contributed by atoms with E-state index in [-0.39, 0.29) is 18.3 Å². The minimum Gasteiger partial charge on any atom is -0.350 e. The van der Waals surface area contributed by atoms with Gasteiger partial charge in [0.05, 0.1) is 13.2 Å². The number of rotatable bonds is 10. The third kappa shape index (κ3) is 6.61. The lowest BCUT2D eigenvalue weighted by Gasteiger charge is -2.26. The van der Waals surface area contributed by atoms with E-state index in [1.807, 2.05) is 30.3 Å². The van der Waals surface area contributed by atoms with Crippen LogP contribution in [-0.4, -0.2) is 36.8 Å². The van der Waals surface area contributed by atoms with E-state index in [1.54, 1.807) is 11.8 Å². The molecule has 0 N–H and O–H groups in total. The zero-order valence-electron chi connectivity index (χ0n) is 15.3. The van der Waals surface area contributed by atoms with E-state index < -0.39 is 5.38 Å². The molecular formula is C20H30ClNO3. The molecule has 1 heterocycles. The number of halogens is 1. The van der Waals surface area contributed by atoms with Gasteiger partial charge in [0.15, 0.2) is 6.29 Å². The largest absolute Gasteiger partial charge is 0.350 e. The van der Waals surface area contributed by atoms with Crippen molar-refractivity contribution in [3.63, 3.8) is 0 Å². The molecule has 140 valence electrons. The molecule has 4 nitrogen and oxygen atoms in total. The second-order valence-electron chi connectivity index (χ2n) is 6.62. The van der Waals surface area contributed by atoms with Crippen molar-refractivity contribution < 1.29 is 14.3 Å². The molecule has 3 unspecified atom stereocenters. The number of carbonyl (C=O) groups excluding carboxylic acids is 1. The summed E-state index contributed by atoms with van der Waals surface area (Å²) >= 11 is 6.03. The Bertz CT molecular complexity index is 509. The van der Waals surface area contributed by atoms with Crippen LogP contribution >= 0.6 is 11.6 Å². The van der Waals surface area contributed by atoms with Gasteiger partial charge in [-0.3, -0.25) is 4.79 Å². The first-order chi connectivity index (χ1) is 12.1. The van der Waals surface area contributed by atoms with Gasteiger partial charge in [0.25, 0.3) is 0 Å². The molecule has 1 fully saturated rings. The third-order valence-electron chi connectivity index (χ3n) is 4.42. The van der Waals surface area contributed by atoms with Crippen molar-refractivity contribution in [1.29, 1.82) is 0 Å². The van der Waals surface area contributed by atoms with Gasteiger partial charge in [-0.15, -0.1) is 11.6 Å². The SMILES string of the molecule is CCCCCCCC1OCC(CN(C(=O)C(C)Cl)c2ccccc2)O1. The summed E-state index contributed by atoms with van der Waals surface area (Å²) in [6.45, 7) is 4.90. The Morgan fingerprint density at radius 1 is 1.24 bits per heavy atom. The molecule has 0 aliphatic carbocycles. The van der Waals surface area contributed by atoms with Crippen LogP contribution in [0.25, 0.3) is 0 Å². The number of amides is 1. The summed E-state index contributed by atoms with van der Waals surface area (Å²) in [5.74, 6) is -0.112. The van der Waals surface area contributed by atoms with E-state index in [1.165, 1.54) is 25.7 Å². The number of unbranched alkanes of at least 4 members (excludes halogenated alkanes) is 4. The molecule has 1 saturated heterocycles. The fraction of sp³-hybridized carbons (Fsp3) is 0.650. The van der Waals surface area contributed by atoms with Crippen LogP contribution in [0.3, 0.4) is 0 Å². The van der Waals surface area contributed by atoms with E-state index in [2.05, 4.69) is 6.92 Å². The van der Waals surface area contributed by atoms with E-state index >= 15 is 0 Å². The second-order valence-corrected chi connectivity index (χ2v) is 7.28. The van der Waals surface area contributed by atoms with Crippen LogP contribution < -0.4 is 4.90 Å². The van der Waals surface area contributed by atoms with Crippen molar-refractivity contribution in [2.75, 3.05) is 18.1 Å². The zero-order valence-corrected chi connectivity index (χ0v) is 16.1. The normalized spacial score (nSPS) is 21.2. The smallest absolute Gasteiger partial charge is 0.244 e. The molecule has 1 aromatic rings. The molecule has 0 spiro atoms. The van der Waals surface area contributed by atoms with Gasteiger partial charge < -0.3 is 14.4 Å². The van der Waals surface area contributed by atoms with Gasteiger partial charge in [0.2, 0.25) is 5.91 Å². The van der Waals surface area contributed by atoms with Gasteiger partial charge in [-0.25, -0.2) is 0 Å². The van der Waals surface area contributed by atoms with Crippen molar-refractivity contribution in [1.82, 2.24) is 0 Å². The van der Waals surface area contributed by atoms with Gasteiger partial charge in [0, 0.05) is 5.69 Å². The maximum atomic E-state index is 12.5. The van der Waals surface area contributed by atoms with Gasteiger partial charge in [0.1, 0.15) is 11.5 Å². The summed E-state index contributed by atoms with van der Waals surface area (Å²) in [5, 5.41) is -0.572. The molecule has 0 saturated carbocycles. The predicted molar refractivity (Wildman–Crippen MR) is 102 cm³/mol. The van der Waals surface area contributed by atoms with E-state index in [0.29, 0.717) is 13.2 Å². The fourth-order valence-corrected chi connectivity index (χ4v) is 3.14. The molecule has 0 bridgehead atoms. The van der Waals surface area contributed by atoms with E-state index in [9.17, 15) is 4.79 Å². The number of para-hydroxylation sites is 1. The summed E-state index contributed by atoms with van der Waals surface area (Å²) in [7, 11) is 0. The average molecular weight is 368 g/mol. The van der Waals surface area contributed by atoms with Crippen LogP contribution in [0.15, 0.2) is 30.3 Å². The molecule has 2 rings (SSSR count). The van der Waals surface area contributed by atoms with Crippen LogP contribution in [0.5, 0.6) is 0 Å². The first kappa shape index (κ1) is 20.2. The Balaban J connectivity index is 1.85. The molecule has 1 aromatic carbocycles. The quantitative estimate of drug-likeness (QED) is 0.442. The molecule has 1 amide bonds. The summed E-state index contributed by atoms with van der Waals surface area (Å²) in [5.41, 5.74) is 0.839. The lowest BCUT2D eigenvalue weighted by atomic mass is 10.1. The fourth-order valence-electron chi connectivity index (χ4n) is 3.02. The molecule has 5 heteroatoms. The van der Waals surface area contributed by atoms with Crippen LogP contribution in [0.4, 0.5) is 5.69 Å². The monoisotopic (exact) mass is 367 g/mol. The maximum absolute atomic E-state index is 12.5. The highest BCUT2D eigenvalue weighted by atomic mass is 35.5. The Morgan fingerprint density at radius 3 is 2.64 bits per heavy atom. The average Bonchev–Trinajstić information content (AvgIpc) is 3.07. The van der Waals surface area contributed by atoms with Gasteiger partial charge in [-0.1, -0.05) is 50.8 Å². The Labute approximate surface area is 156 Å². The van der Waals surface area contributed by atoms with Crippen LogP contribution in [0, 0.1) is 0 Å². The topological polar surface area (TPSA) is 38.8 Å². The van der Waals surface area contributed by atoms with Crippen LogP contribution in [0.2, 0.25) is 0 Å². The summed E-state index contributed by atoms with van der Waals surface area (Å²) in [6, 6.07) is 9.59. The Hall–Kier alpha value is -1.10. The van der Waals surface area contributed by atoms with Crippen molar-refractivity contribution in [3.8, 4) is 0 Å². The van der Waals surface area contributed by atoms with Crippen LogP contribution in [-0.2, 0) is 14.3 Å². The number of hydrogen-bond acceptors (Lipinski definition) is 3. The molecule has 1 aliphatic rings. The van der Waals surface area contributed by atoms with Crippen molar-refractivity contribution in [2.24, 2.45) is 0 Å². The molecule has 0 radical (unpaired) electrons. The van der Waals surface area contributed by atoms with Gasteiger partial charge in [-0.2, -0.15) is 0 Å². The lowest BCUT2D eigenvalue weighted by molar-refractivity contribution is -0.118. The molecule has 1 aliphatic heterocycles. The number of benzene rings is 1. The highest BCUT2D eigenvalue weighted by molar-refractivity contribution is 6.32. The molecule has 25 heavy (non-hydrogen) atoms. The molecule has 0 aromatic heterocycles. The zero-order chi connectivity index (χ0) is 18.1. The number of carbonyl (C=O) groups is 1. The number of ether oxygens (including phenoxy) is 2. The van der Waals surface area contributed by atoms with Crippen LogP contribution in [0.1, 0.15) is 52.4 Å². The molecule has 3 atom stereocenters. The van der Waals surface area contributed by atoms with E-state index in [4.69, 9.17) is 21.1 Å². The van der Waals surface area contributed by atoms with Crippen molar-refractivity contribution >= 4 is 23.2 Å². The lowest BCUT2D eigenvalue weighted by Crippen LogP contribution is -2.41. The third-order valence-corrected chi connectivity index (χ3v) is 4.60. The standard InChI is InChI=1S/C20H30ClNO3/c1-3-4-5-6-10-13-19-24-15-18(25-19)14-22(20(23)16(2)21)17-11-8-7-9-12-17/h7-9,11-12,16,18-19H,3-6,10,13-15H2,1-2H3. The van der Waals surface area contributed by atoms with E-state index in [0.717, 1.165) is 18.5 Å². The van der Waals surface area contributed by atoms with Crippen molar-refractivity contribution in [2.45, 2.75) is 70.1 Å². The van der Waals surface area contributed by atoms with Crippen molar-refractivity contribution in [3.05, 3.63) is 30.3 Å². The maximum Gasteiger partial charge on any atom is 0.244 e. The number of anilines is 1.